The minimum Gasteiger partial charge on any atom is -0.377 e. The number of ether oxygens (including phenoxy) is 1. The van der Waals surface area contributed by atoms with Crippen molar-refractivity contribution in [2.24, 2.45) is 0 Å². The van der Waals surface area contributed by atoms with Gasteiger partial charge in [-0.25, -0.2) is 8.78 Å². The lowest BCUT2D eigenvalue weighted by atomic mass is 10.1. The third-order valence-corrected chi connectivity index (χ3v) is 3.28. The van der Waals surface area contributed by atoms with Crippen molar-refractivity contribution < 1.29 is 13.5 Å². The number of benzene rings is 1. The minimum absolute atomic E-state index is 0.0146. The van der Waals surface area contributed by atoms with Gasteiger partial charge < -0.3 is 10.1 Å². The Bertz CT molecular complexity index is 397. The van der Waals surface area contributed by atoms with Crippen molar-refractivity contribution in [2.75, 3.05) is 6.61 Å². The standard InChI is InChI=1S/C13H17F2NO/c1-8(16-13-5-6-17-9(13)2)10-3-4-11(14)12(15)7-10/h3-4,7-9,13,16H,5-6H2,1-2H3. The van der Waals surface area contributed by atoms with Gasteiger partial charge in [0.25, 0.3) is 0 Å². The van der Waals surface area contributed by atoms with Gasteiger partial charge in [0.05, 0.1) is 6.10 Å². The molecule has 0 amide bonds. The molecule has 1 N–H and O–H groups in total. The average Bonchev–Trinajstić information content (AvgIpc) is 2.68. The van der Waals surface area contributed by atoms with Gasteiger partial charge in [-0.2, -0.15) is 0 Å². The molecular formula is C13H17F2NO. The minimum atomic E-state index is -0.807. The van der Waals surface area contributed by atoms with Crippen molar-refractivity contribution in [1.29, 1.82) is 0 Å². The molecule has 0 aliphatic carbocycles. The second-order valence-electron chi connectivity index (χ2n) is 4.53. The summed E-state index contributed by atoms with van der Waals surface area (Å²) in [7, 11) is 0. The first-order chi connectivity index (χ1) is 8.08. The molecule has 2 nitrogen and oxygen atoms in total. The van der Waals surface area contributed by atoms with E-state index < -0.39 is 11.6 Å². The molecule has 2 rings (SSSR count). The molecule has 17 heavy (non-hydrogen) atoms. The Morgan fingerprint density at radius 3 is 2.71 bits per heavy atom. The molecule has 3 atom stereocenters. The van der Waals surface area contributed by atoms with Gasteiger partial charge in [0.1, 0.15) is 0 Å². The van der Waals surface area contributed by atoms with Crippen molar-refractivity contribution in [1.82, 2.24) is 5.32 Å². The summed E-state index contributed by atoms with van der Waals surface area (Å²) in [5, 5.41) is 3.38. The van der Waals surface area contributed by atoms with Crippen molar-refractivity contribution >= 4 is 0 Å². The van der Waals surface area contributed by atoms with Crippen LogP contribution in [0, 0.1) is 11.6 Å². The summed E-state index contributed by atoms with van der Waals surface area (Å²) in [6, 6.07) is 4.28. The van der Waals surface area contributed by atoms with Crippen LogP contribution in [0.25, 0.3) is 0 Å². The molecule has 0 bridgehead atoms. The van der Waals surface area contributed by atoms with E-state index in [0.29, 0.717) is 0 Å². The Balaban J connectivity index is 2.03. The number of rotatable bonds is 3. The van der Waals surface area contributed by atoms with Crippen LogP contribution in [-0.4, -0.2) is 18.8 Å². The molecule has 1 aliphatic rings. The zero-order chi connectivity index (χ0) is 12.4. The van der Waals surface area contributed by atoms with E-state index in [1.165, 1.54) is 6.07 Å². The molecule has 1 fully saturated rings. The van der Waals surface area contributed by atoms with Gasteiger partial charge >= 0.3 is 0 Å². The van der Waals surface area contributed by atoms with Crippen LogP contribution in [0.5, 0.6) is 0 Å². The van der Waals surface area contributed by atoms with Crippen molar-refractivity contribution in [3.8, 4) is 0 Å². The highest BCUT2D eigenvalue weighted by Crippen LogP contribution is 2.20. The molecule has 4 heteroatoms. The van der Waals surface area contributed by atoms with Gasteiger partial charge in [0, 0.05) is 18.7 Å². The molecule has 1 aromatic rings. The normalized spacial score (nSPS) is 26.1. The van der Waals surface area contributed by atoms with Crippen LogP contribution in [0.15, 0.2) is 18.2 Å². The summed E-state index contributed by atoms with van der Waals surface area (Å²) in [6.07, 6.45) is 1.12. The van der Waals surface area contributed by atoms with Gasteiger partial charge in [0.15, 0.2) is 11.6 Å². The van der Waals surface area contributed by atoms with Crippen LogP contribution in [0.2, 0.25) is 0 Å². The Morgan fingerprint density at radius 2 is 2.12 bits per heavy atom. The summed E-state index contributed by atoms with van der Waals surface area (Å²) in [4.78, 5) is 0. The van der Waals surface area contributed by atoms with Crippen LogP contribution >= 0.6 is 0 Å². The second-order valence-corrected chi connectivity index (χ2v) is 4.53. The summed E-state index contributed by atoms with van der Waals surface area (Å²) in [5.74, 6) is -1.61. The molecule has 94 valence electrons. The number of hydrogen-bond donors (Lipinski definition) is 1. The lowest BCUT2D eigenvalue weighted by Gasteiger charge is -2.22. The molecule has 1 aromatic carbocycles. The molecule has 1 saturated heterocycles. The maximum absolute atomic E-state index is 13.1. The highest BCUT2D eigenvalue weighted by molar-refractivity contribution is 5.21. The summed E-state index contributed by atoms with van der Waals surface area (Å²) >= 11 is 0. The molecule has 0 aromatic heterocycles. The molecule has 0 radical (unpaired) electrons. The Labute approximate surface area is 100.0 Å². The fourth-order valence-electron chi connectivity index (χ4n) is 2.15. The molecule has 3 unspecified atom stereocenters. The van der Waals surface area contributed by atoms with Gasteiger partial charge in [-0.1, -0.05) is 6.07 Å². The van der Waals surface area contributed by atoms with E-state index in [1.54, 1.807) is 6.07 Å². The largest absolute Gasteiger partial charge is 0.377 e. The third kappa shape index (κ3) is 2.82. The summed E-state index contributed by atoms with van der Waals surface area (Å²) < 4.78 is 31.4. The van der Waals surface area contributed by atoms with Crippen LogP contribution < -0.4 is 5.32 Å². The fourth-order valence-corrected chi connectivity index (χ4v) is 2.15. The molecule has 0 saturated carbocycles. The first-order valence-corrected chi connectivity index (χ1v) is 5.90. The first kappa shape index (κ1) is 12.5. The first-order valence-electron chi connectivity index (χ1n) is 5.90. The fraction of sp³-hybridized carbons (Fsp3) is 0.538. The van der Waals surface area contributed by atoms with Crippen LogP contribution in [0.3, 0.4) is 0 Å². The highest BCUT2D eigenvalue weighted by atomic mass is 19.2. The third-order valence-electron chi connectivity index (χ3n) is 3.28. The maximum Gasteiger partial charge on any atom is 0.159 e. The Morgan fingerprint density at radius 1 is 1.35 bits per heavy atom. The van der Waals surface area contributed by atoms with Crippen molar-refractivity contribution in [3.05, 3.63) is 35.4 Å². The van der Waals surface area contributed by atoms with E-state index >= 15 is 0 Å². The van der Waals surface area contributed by atoms with Gasteiger partial charge in [-0.15, -0.1) is 0 Å². The highest BCUT2D eigenvalue weighted by Gasteiger charge is 2.25. The average molecular weight is 241 g/mol. The van der Waals surface area contributed by atoms with E-state index in [-0.39, 0.29) is 18.2 Å². The SMILES string of the molecule is CC(NC1CCOC1C)c1ccc(F)c(F)c1. The van der Waals surface area contributed by atoms with E-state index in [0.717, 1.165) is 24.7 Å². The van der Waals surface area contributed by atoms with E-state index in [4.69, 9.17) is 4.74 Å². The maximum atomic E-state index is 13.1. The number of hydrogen-bond acceptors (Lipinski definition) is 2. The monoisotopic (exact) mass is 241 g/mol. The van der Waals surface area contributed by atoms with E-state index in [9.17, 15) is 8.78 Å². The topological polar surface area (TPSA) is 21.3 Å². The smallest absolute Gasteiger partial charge is 0.159 e. The van der Waals surface area contributed by atoms with Crippen molar-refractivity contribution in [2.45, 2.75) is 38.5 Å². The zero-order valence-electron chi connectivity index (χ0n) is 10.0. The lowest BCUT2D eigenvalue weighted by molar-refractivity contribution is 0.111. The predicted molar refractivity (Wildman–Crippen MR) is 61.7 cm³/mol. The van der Waals surface area contributed by atoms with Crippen LogP contribution in [0.4, 0.5) is 8.78 Å². The van der Waals surface area contributed by atoms with Crippen LogP contribution in [0.1, 0.15) is 31.9 Å². The Kier molecular flexibility index (Phi) is 3.74. The van der Waals surface area contributed by atoms with Crippen molar-refractivity contribution in [3.63, 3.8) is 0 Å². The lowest BCUT2D eigenvalue weighted by Crippen LogP contribution is -2.36. The molecule has 1 heterocycles. The second kappa shape index (κ2) is 5.10. The van der Waals surface area contributed by atoms with Crippen LogP contribution in [-0.2, 0) is 4.74 Å². The molecule has 1 aliphatic heterocycles. The number of nitrogens with one attached hydrogen (secondary N) is 1. The van der Waals surface area contributed by atoms with E-state index in [2.05, 4.69) is 5.32 Å². The predicted octanol–water partition coefficient (Wildman–Crippen LogP) is 2.79. The Hall–Kier alpha value is -1.00. The van der Waals surface area contributed by atoms with Gasteiger partial charge in [-0.05, 0) is 38.0 Å². The number of halogens is 2. The summed E-state index contributed by atoms with van der Waals surface area (Å²) in [6.45, 7) is 4.71. The molecular weight excluding hydrogens is 224 g/mol. The quantitative estimate of drug-likeness (QED) is 0.878. The summed E-state index contributed by atoms with van der Waals surface area (Å²) in [5.41, 5.74) is 0.753. The van der Waals surface area contributed by atoms with Gasteiger partial charge in [0.2, 0.25) is 0 Å². The molecule has 0 spiro atoms. The zero-order valence-corrected chi connectivity index (χ0v) is 10.0. The van der Waals surface area contributed by atoms with Gasteiger partial charge in [-0.3, -0.25) is 0 Å². The van der Waals surface area contributed by atoms with E-state index in [1.807, 2.05) is 13.8 Å².